The number of aliphatic hydroxyl groups is 4. The number of rotatable bonds is 8. The van der Waals surface area contributed by atoms with Gasteiger partial charge in [-0.2, -0.15) is 4.98 Å². The van der Waals surface area contributed by atoms with E-state index in [1.807, 2.05) is 0 Å². The second-order valence-corrected chi connectivity index (χ2v) is 15.0. The Morgan fingerprint density at radius 3 is 2.12 bits per heavy atom. The number of ether oxygens (including phenoxy) is 2. The van der Waals surface area contributed by atoms with Crippen molar-refractivity contribution in [3.63, 3.8) is 0 Å². The lowest BCUT2D eigenvalue weighted by Gasteiger charge is -2.29. The van der Waals surface area contributed by atoms with E-state index >= 15 is 0 Å². The lowest BCUT2D eigenvalue weighted by atomic mass is 10.1. The maximum atomic E-state index is 14.3. The second kappa shape index (κ2) is 14.1. The maximum absolute atomic E-state index is 14.3. The molecule has 4 aromatic heterocycles. The Morgan fingerprint density at radius 1 is 0.824 bits per heavy atom. The summed E-state index contributed by atoms with van der Waals surface area (Å²) in [6.45, 7) is -2.94. The first-order chi connectivity index (χ1) is 24.4. The van der Waals surface area contributed by atoms with Crippen LogP contribution in [0.15, 0.2) is 23.8 Å². The predicted octanol–water partition coefficient (Wildman–Crippen LogP) is -3.16. The van der Waals surface area contributed by atoms with Crippen molar-refractivity contribution in [2.75, 3.05) is 51.0 Å². The number of hydrogen-bond donors (Lipinski definition) is 9. The summed E-state index contributed by atoms with van der Waals surface area (Å²) in [6, 6.07) is 0. The Morgan fingerprint density at radius 2 is 1.43 bits per heavy atom. The number of aliphatic hydroxyl groups excluding tert-OH is 4. The van der Waals surface area contributed by atoms with E-state index in [1.165, 1.54) is 21.8 Å². The van der Waals surface area contributed by atoms with Crippen molar-refractivity contribution >= 4 is 49.6 Å². The Balaban J connectivity index is 1.27. The molecule has 0 aliphatic carbocycles. The van der Waals surface area contributed by atoms with Crippen LogP contribution in [0.1, 0.15) is 12.5 Å². The van der Waals surface area contributed by atoms with E-state index < -0.39 is 96.6 Å². The zero-order valence-corrected chi connectivity index (χ0v) is 28.0. The number of nitrogen functional groups attached to an aromatic ring is 2. The number of hydrogen-bond acceptors (Lipinski definition) is 20. The lowest BCUT2D eigenvalue weighted by Crippen LogP contribution is -2.38. The molecule has 4 aromatic rings. The van der Waals surface area contributed by atoms with Gasteiger partial charge in [0.25, 0.3) is 5.56 Å². The van der Waals surface area contributed by atoms with Crippen LogP contribution in [0.3, 0.4) is 0 Å². The van der Waals surface area contributed by atoms with Crippen LogP contribution < -0.4 is 27.2 Å². The molecule has 0 radical (unpaired) electrons. The summed E-state index contributed by atoms with van der Waals surface area (Å²) in [4.78, 5) is 35.2. The molecule has 0 amide bonds. The molecule has 4 unspecified atom stereocenters. The molecule has 0 spiro atoms. The van der Waals surface area contributed by atoms with Crippen molar-refractivity contribution in [1.82, 2.24) is 49.2 Å². The zero-order chi connectivity index (χ0) is 36.1. The van der Waals surface area contributed by atoms with Gasteiger partial charge in [-0.1, -0.05) is 0 Å². The van der Waals surface area contributed by atoms with Crippen LogP contribution in [0.4, 0.5) is 11.8 Å². The van der Waals surface area contributed by atoms with E-state index in [4.69, 9.17) is 39.0 Å². The molecular formula is C24H34N12O13P2. The van der Waals surface area contributed by atoms with Crippen LogP contribution >= 0.6 is 15.5 Å². The Bertz CT molecular complexity index is 2050. The van der Waals surface area contributed by atoms with Gasteiger partial charge in [0, 0.05) is 13.1 Å². The fourth-order valence-corrected chi connectivity index (χ4v) is 8.87. The van der Waals surface area contributed by atoms with Crippen molar-refractivity contribution in [2.24, 2.45) is 0 Å². The fourth-order valence-electron chi connectivity index (χ4n) is 5.86. The van der Waals surface area contributed by atoms with E-state index in [2.05, 4.69) is 40.1 Å². The fraction of sp³-hybridized carbons (Fsp3) is 0.583. The van der Waals surface area contributed by atoms with Crippen LogP contribution in [0.2, 0.25) is 0 Å². The van der Waals surface area contributed by atoms with Gasteiger partial charge in [-0.3, -0.25) is 37.0 Å². The highest BCUT2D eigenvalue weighted by molar-refractivity contribution is 7.52. The van der Waals surface area contributed by atoms with E-state index in [0.717, 1.165) is 6.33 Å². The highest BCUT2D eigenvalue weighted by atomic mass is 31.2. The van der Waals surface area contributed by atoms with Crippen LogP contribution in [-0.2, 0) is 36.7 Å². The van der Waals surface area contributed by atoms with Crippen LogP contribution in [0, 0.1) is 0 Å². The minimum absolute atomic E-state index is 0.0552. The highest BCUT2D eigenvalue weighted by Gasteiger charge is 2.54. The van der Waals surface area contributed by atoms with E-state index in [1.54, 1.807) is 0 Å². The normalized spacial score (nSPS) is 34.7. The Hall–Kier alpha value is -3.52. The number of aromatic amines is 1. The van der Waals surface area contributed by atoms with Crippen molar-refractivity contribution in [3.8, 4) is 0 Å². The van der Waals surface area contributed by atoms with Gasteiger partial charge in [0.15, 0.2) is 35.1 Å². The first kappa shape index (κ1) is 35.9. The van der Waals surface area contributed by atoms with Gasteiger partial charge in [0.2, 0.25) is 5.95 Å². The smallest absolute Gasteiger partial charge is 0.395 e. The molecule has 0 saturated carbocycles. The second-order valence-electron chi connectivity index (χ2n) is 11.5. The van der Waals surface area contributed by atoms with Gasteiger partial charge in [-0.05, 0) is 0 Å². The van der Waals surface area contributed by atoms with Crippen LogP contribution in [0.25, 0.3) is 22.3 Å². The summed E-state index contributed by atoms with van der Waals surface area (Å²) in [7, 11) is -9.09. The van der Waals surface area contributed by atoms with E-state index in [-0.39, 0.29) is 47.2 Å². The highest BCUT2D eigenvalue weighted by Crippen LogP contribution is 2.54. The molecule has 3 aliphatic heterocycles. The average Bonchev–Trinajstić information content (AvgIpc) is 3.86. The molecule has 278 valence electrons. The summed E-state index contributed by atoms with van der Waals surface area (Å²) in [5.74, 6) is -0.204. The quantitative estimate of drug-likeness (QED) is 0.0800. The first-order valence-corrected chi connectivity index (χ1v) is 18.4. The SMILES string of the molecule is Nc1nc2c(ncn2[C@@H]2O[C@@H]3COP(=O)(NCCO)O[C@@H]4C(O)[C@H](n5cnc6c(N)ncnc65)O[C@@H]4COP(=O)(NCCO)O[C@H]2C3O)c(=O)[nH]1. The van der Waals surface area contributed by atoms with Crippen LogP contribution in [0.5, 0.6) is 0 Å². The lowest BCUT2D eigenvalue weighted by molar-refractivity contribution is -0.0609. The summed E-state index contributed by atoms with van der Waals surface area (Å²) in [5, 5.41) is 47.1. The molecule has 7 rings (SSSR count). The monoisotopic (exact) mass is 760 g/mol. The van der Waals surface area contributed by atoms with E-state index in [9.17, 15) is 34.4 Å². The molecule has 10 atom stereocenters. The third-order valence-corrected chi connectivity index (χ3v) is 11.4. The largest absolute Gasteiger partial charge is 0.406 e. The molecule has 51 heavy (non-hydrogen) atoms. The van der Waals surface area contributed by atoms with Gasteiger partial charge >= 0.3 is 15.5 Å². The van der Waals surface area contributed by atoms with E-state index in [0.29, 0.717) is 0 Å². The van der Waals surface area contributed by atoms with Crippen molar-refractivity contribution in [2.45, 2.75) is 49.1 Å². The van der Waals surface area contributed by atoms with Gasteiger partial charge in [0.05, 0.1) is 39.1 Å². The zero-order valence-electron chi connectivity index (χ0n) is 26.2. The minimum atomic E-state index is -4.57. The standard InChI is InChI=1S/C24H34N12O13P2/c25-18-12-19(28-7-27-18)35(8-29-12)22-15(40)16-11(47-22)6-45-51(43,32-2-4-38)49-17-14(39)10(5-44-50(42,48-16)31-1-3-37)46-23(17)36-9-30-13-20(36)33-24(26)34-21(13)41/h7-11,14-17,22-23,37-40H,1-6H2,(H,31,42)(H,32,43)(H2,25,27,28)(H3,26,33,34,41)/t10-,11-,14?,15?,16+,17+,22-,23-,50?,51?/m1/s1. The van der Waals surface area contributed by atoms with Crippen molar-refractivity contribution < 1.29 is 57.1 Å². The Labute approximate surface area is 285 Å². The summed E-state index contributed by atoms with van der Waals surface area (Å²) in [6.07, 6.45) is -8.26. The third kappa shape index (κ3) is 6.78. The first-order valence-electron chi connectivity index (χ1n) is 15.3. The molecule has 3 saturated heterocycles. The number of H-pyrrole nitrogens is 1. The van der Waals surface area contributed by atoms with Gasteiger partial charge in [-0.15, -0.1) is 0 Å². The summed E-state index contributed by atoms with van der Waals surface area (Å²) >= 11 is 0. The minimum Gasteiger partial charge on any atom is -0.395 e. The van der Waals surface area contributed by atoms with Crippen molar-refractivity contribution in [3.05, 3.63) is 29.3 Å². The molecule has 11 N–H and O–H groups in total. The molecule has 27 heteroatoms. The van der Waals surface area contributed by atoms with Gasteiger partial charge < -0.3 is 41.4 Å². The number of anilines is 2. The molecule has 7 heterocycles. The molecule has 3 aliphatic rings. The molecular weight excluding hydrogens is 726 g/mol. The van der Waals surface area contributed by atoms with Crippen LogP contribution in [-0.4, -0.2) is 136 Å². The molecule has 3 fully saturated rings. The predicted molar refractivity (Wildman–Crippen MR) is 169 cm³/mol. The summed E-state index contributed by atoms with van der Waals surface area (Å²) < 4.78 is 66.5. The number of nitrogens with zero attached hydrogens (tertiary/aromatic N) is 7. The van der Waals surface area contributed by atoms with Gasteiger partial charge in [-0.25, -0.2) is 39.2 Å². The Kier molecular flexibility index (Phi) is 9.94. The molecule has 2 bridgehead atoms. The van der Waals surface area contributed by atoms with Gasteiger partial charge in [0.1, 0.15) is 48.5 Å². The van der Waals surface area contributed by atoms with Crippen molar-refractivity contribution in [1.29, 1.82) is 0 Å². The topological polar surface area (TPSA) is 354 Å². The number of nitrogens with two attached hydrogens (primary N) is 2. The molecule has 25 nitrogen and oxygen atoms in total. The molecule has 0 aromatic carbocycles. The number of aromatic nitrogens is 8. The number of nitrogens with one attached hydrogen (secondary N) is 3. The third-order valence-electron chi connectivity index (χ3n) is 8.18. The maximum Gasteiger partial charge on any atom is 0.406 e. The summed E-state index contributed by atoms with van der Waals surface area (Å²) in [5.41, 5.74) is 11.2. The number of fused-ring (bicyclic) bond motifs is 5. The number of imidazole rings is 2. The average molecular weight is 761 g/mol.